The zero-order chi connectivity index (χ0) is 9.40. The van der Waals surface area contributed by atoms with Crippen molar-refractivity contribution in [1.29, 1.82) is 0 Å². The summed E-state index contributed by atoms with van der Waals surface area (Å²) in [5.41, 5.74) is 0. The van der Waals surface area contributed by atoms with Crippen LogP contribution in [0.25, 0.3) is 0 Å². The molecule has 0 fully saturated rings. The van der Waals surface area contributed by atoms with Gasteiger partial charge in [-0.1, -0.05) is 56.2 Å². The molecule has 0 saturated heterocycles. The van der Waals surface area contributed by atoms with Crippen LogP contribution in [-0.4, -0.2) is 10.7 Å². The number of halogens is 1. The molecular formula is C10H21IO. The van der Waals surface area contributed by atoms with Crippen LogP contribution in [-0.2, 0) is 4.74 Å². The number of ether oxygens (including phenoxy) is 1. The van der Waals surface area contributed by atoms with Crippen molar-refractivity contribution < 1.29 is 4.74 Å². The monoisotopic (exact) mass is 284 g/mol. The van der Waals surface area contributed by atoms with E-state index >= 15 is 0 Å². The normalized spacial score (nSPS) is 16.0. The lowest BCUT2D eigenvalue weighted by Crippen LogP contribution is -2.09. The highest BCUT2D eigenvalue weighted by atomic mass is 127. The van der Waals surface area contributed by atoms with E-state index in [9.17, 15) is 0 Å². The van der Waals surface area contributed by atoms with Gasteiger partial charge in [-0.2, -0.15) is 0 Å². The van der Waals surface area contributed by atoms with Gasteiger partial charge in [0, 0.05) is 6.61 Å². The Morgan fingerprint density at radius 3 is 2.50 bits per heavy atom. The predicted octanol–water partition coefficient (Wildman–Crippen LogP) is 4.00. The molecule has 0 radical (unpaired) electrons. The van der Waals surface area contributed by atoms with E-state index < -0.39 is 0 Å². The zero-order valence-corrected chi connectivity index (χ0v) is 10.6. The fourth-order valence-corrected chi connectivity index (χ4v) is 2.03. The number of hydrogen-bond donors (Lipinski definition) is 0. The van der Waals surface area contributed by atoms with Crippen molar-refractivity contribution in [2.45, 2.75) is 50.6 Å². The van der Waals surface area contributed by atoms with Crippen LogP contribution >= 0.6 is 22.6 Å². The Balaban J connectivity index is 3.26. The first-order valence-electron chi connectivity index (χ1n) is 4.96. The Bertz CT molecular complexity index is 95.8. The number of unbranched alkanes of at least 4 members (excludes halogenated alkanes) is 1. The largest absolute Gasteiger partial charge is 0.368 e. The maximum atomic E-state index is 5.64. The van der Waals surface area contributed by atoms with Gasteiger partial charge in [0.05, 0.1) is 0 Å². The summed E-state index contributed by atoms with van der Waals surface area (Å²) in [4.78, 5) is 0. The van der Waals surface area contributed by atoms with Crippen LogP contribution in [0.4, 0.5) is 0 Å². The summed E-state index contributed by atoms with van der Waals surface area (Å²) in [5.74, 6) is 0.800. The molecule has 0 aromatic rings. The van der Waals surface area contributed by atoms with Gasteiger partial charge in [0.25, 0.3) is 0 Å². The Hall–Kier alpha value is 0.690. The molecule has 0 rings (SSSR count). The predicted molar refractivity (Wildman–Crippen MR) is 62.7 cm³/mol. The van der Waals surface area contributed by atoms with Gasteiger partial charge in [0.15, 0.2) is 0 Å². The number of alkyl halides is 1. The van der Waals surface area contributed by atoms with Crippen molar-refractivity contribution >= 4 is 22.6 Å². The molecule has 0 heterocycles. The lowest BCUT2D eigenvalue weighted by molar-refractivity contribution is 0.105. The van der Waals surface area contributed by atoms with Gasteiger partial charge < -0.3 is 4.74 Å². The van der Waals surface area contributed by atoms with E-state index in [1.54, 1.807) is 0 Å². The summed E-state index contributed by atoms with van der Waals surface area (Å²) in [6.07, 6.45) is 4.88. The first-order valence-corrected chi connectivity index (χ1v) is 6.20. The molecule has 0 aliphatic carbocycles. The summed E-state index contributed by atoms with van der Waals surface area (Å²) < 4.78 is 6.06. The average molecular weight is 284 g/mol. The maximum absolute atomic E-state index is 5.64. The molecule has 1 nitrogen and oxygen atoms in total. The Morgan fingerprint density at radius 2 is 2.00 bits per heavy atom. The first-order chi connectivity index (χ1) is 5.70. The van der Waals surface area contributed by atoms with Gasteiger partial charge in [-0.15, -0.1) is 0 Å². The van der Waals surface area contributed by atoms with E-state index in [1.807, 2.05) is 0 Å². The lowest BCUT2D eigenvalue weighted by atomic mass is 10.1. The smallest absolute Gasteiger partial charge is 0.109 e. The standard InChI is InChI=1S/C10H21IO/c1-4-6-7-12-10(11)8-9(3)5-2/h9-10H,4-8H2,1-3H3. The van der Waals surface area contributed by atoms with Crippen LogP contribution < -0.4 is 0 Å². The van der Waals surface area contributed by atoms with E-state index in [4.69, 9.17) is 4.74 Å². The minimum absolute atomic E-state index is 0.420. The van der Waals surface area contributed by atoms with Crippen molar-refractivity contribution in [2.75, 3.05) is 6.61 Å². The zero-order valence-electron chi connectivity index (χ0n) is 8.48. The first kappa shape index (κ1) is 12.7. The second kappa shape index (κ2) is 8.30. The average Bonchev–Trinajstić information content (AvgIpc) is 2.05. The third kappa shape index (κ3) is 7.35. The molecule has 2 atom stereocenters. The highest BCUT2D eigenvalue weighted by Gasteiger charge is 2.07. The quantitative estimate of drug-likeness (QED) is 0.390. The molecule has 0 aliphatic rings. The number of rotatable bonds is 7. The maximum Gasteiger partial charge on any atom is 0.109 e. The molecule has 0 saturated carbocycles. The molecule has 0 spiro atoms. The molecule has 0 aromatic heterocycles. The molecule has 74 valence electrons. The highest BCUT2D eigenvalue weighted by Crippen LogP contribution is 2.17. The fraction of sp³-hybridized carbons (Fsp3) is 1.00. The van der Waals surface area contributed by atoms with Crippen molar-refractivity contribution in [3.63, 3.8) is 0 Å². The van der Waals surface area contributed by atoms with Gasteiger partial charge in [-0.3, -0.25) is 0 Å². The highest BCUT2D eigenvalue weighted by molar-refractivity contribution is 14.1. The third-order valence-electron chi connectivity index (χ3n) is 2.08. The Kier molecular flexibility index (Phi) is 8.77. The molecule has 0 N–H and O–H groups in total. The van der Waals surface area contributed by atoms with E-state index in [-0.39, 0.29) is 0 Å². The molecule has 0 aromatic carbocycles. The van der Waals surface area contributed by atoms with Crippen LogP contribution in [0.3, 0.4) is 0 Å². The lowest BCUT2D eigenvalue weighted by Gasteiger charge is -2.14. The van der Waals surface area contributed by atoms with E-state index in [0.29, 0.717) is 4.11 Å². The molecule has 0 amide bonds. The molecular weight excluding hydrogens is 263 g/mol. The molecule has 2 unspecified atom stereocenters. The summed E-state index contributed by atoms with van der Waals surface area (Å²) in [6.45, 7) is 7.65. The van der Waals surface area contributed by atoms with Crippen molar-refractivity contribution in [3.05, 3.63) is 0 Å². The van der Waals surface area contributed by atoms with Gasteiger partial charge in [0.1, 0.15) is 4.11 Å². The molecule has 2 heteroatoms. The summed E-state index contributed by atoms with van der Waals surface area (Å²) >= 11 is 2.40. The van der Waals surface area contributed by atoms with Gasteiger partial charge in [-0.25, -0.2) is 0 Å². The summed E-state index contributed by atoms with van der Waals surface area (Å²) in [5, 5.41) is 0. The van der Waals surface area contributed by atoms with Gasteiger partial charge in [0.2, 0.25) is 0 Å². The Labute approximate surface area is 90.4 Å². The fourth-order valence-electron chi connectivity index (χ4n) is 0.907. The van der Waals surface area contributed by atoms with Crippen LogP contribution in [0.5, 0.6) is 0 Å². The van der Waals surface area contributed by atoms with Crippen LogP contribution in [0.1, 0.15) is 46.5 Å². The summed E-state index contributed by atoms with van der Waals surface area (Å²) in [7, 11) is 0. The minimum Gasteiger partial charge on any atom is -0.368 e. The topological polar surface area (TPSA) is 9.23 Å². The number of hydrogen-bond acceptors (Lipinski definition) is 1. The van der Waals surface area contributed by atoms with E-state index in [1.165, 1.54) is 25.7 Å². The van der Waals surface area contributed by atoms with Gasteiger partial charge in [-0.05, 0) is 18.8 Å². The van der Waals surface area contributed by atoms with Crippen LogP contribution in [0, 0.1) is 5.92 Å². The van der Waals surface area contributed by atoms with Crippen LogP contribution in [0.15, 0.2) is 0 Å². The van der Waals surface area contributed by atoms with Crippen LogP contribution in [0.2, 0.25) is 0 Å². The second-order valence-electron chi connectivity index (χ2n) is 3.38. The second-order valence-corrected chi connectivity index (χ2v) is 4.77. The van der Waals surface area contributed by atoms with E-state index in [2.05, 4.69) is 43.4 Å². The Morgan fingerprint density at radius 1 is 1.33 bits per heavy atom. The van der Waals surface area contributed by atoms with Crippen molar-refractivity contribution in [3.8, 4) is 0 Å². The molecule has 0 bridgehead atoms. The van der Waals surface area contributed by atoms with E-state index in [0.717, 1.165) is 12.5 Å². The molecule has 12 heavy (non-hydrogen) atoms. The van der Waals surface area contributed by atoms with Crippen molar-refractivity contribution in [1.82, 2.24) is 0 Å². The SMILES string of the molecule is CCCCOC(I)CC(C)CC. The summed E-state index contributed by atoms with van der Waals surface area (Å²) in [6, 6.07) is 0. The van der Waals surface area contributed by atoms with Gasteiger partial charge >= 0.3 is 0 Å². The van der Waals surface area contributed by atoms with Crippen molar-refractivity contribution in [2.24, 2.45) is 5.92 Å². The molecule has 0 aliphatic heterocycles. The third-order valence-corrected chi connectivity index (χ3v) is 2.95. The minimum atomic E-state index is 0.420.